The number of carbonyl (C=O) groups excluding carboxylic acids is 3. The number of fused-ring (bicyclic) bond motifs is 1. The minimum absolute atomic E-state index is 0.00827. The molecule has 13 nitrogen and oxygen atoms in total. The Hall–Kier alpha value is -3.99. The van der Waals surface area contributed by atoms with Crippen LogP contribution < -0.4 is 10.2 Å². The number of rotatable bonds is 12. The summed E-state index contributed by atoms with van der Waals surface area (Å²) in [5, 5.41) is 63.5. The molecule has 1 saturated heterocycles. The van der Waals surface area contributed by atoms with Gasteiger partial charge in [0.25, 0.3) is 11.8 Å². The van der Waals surface area contributed by atoms with Gasteiger partial charge in [-0.1, -0.05) is 77.5 Å². The lowest BCUT2D eigenvalue weighted by Gasteiger charge is -2.37. The summed E-state index contributed by atoms with van der Waals surface area (Å²) in [5.41, 5.74) is 0.854. The van der Waals surface area contributed by atoms with Crippen LogP contribution in [0.1, 0.15) is 30.0 Å². The molecule has 5 rings (SSSR count). The van der Waals surface area contributed by atoms with E-state index in [-0.39, 0.29) is 32.0 Å². The number of anilines is 2. The third kappa shape index (κ3) is 7.82. The minimum atomic E-state index is -1.94. The molecule has 3 aromatic rings. The normalized spacial score (nSPS) is 25.4. The smallest absolute Gasteiger partial charge is 0.264 e. The zero-order valence-electron chi connectivity index (χ0n) is 27.2. The van der Waals surface area contributed by atoms with Crippen LogP contribution in [-0.4, -0.2) is 97.1 Å². The summed E-state index contributed by atoms with van der Waals surface area (Å²) in [6.45, 7) is 2.10. The Bertz CT molecular complexity index is 1710. The number of aliphatic hydroxyl groups is 6. The number of nitrogens with zero attached hydrogens (tertiary/aromatic N) is 2. The lowest BCUT2D eigenvalue weighted by Crippen LogP contribution is -2.60. The summed E-state index contributed by atoms with van der Waals surface area (Å²) in [4.78, 5) is 42.8. The van der Waals surface area contributed by atoms with Gasteiger partial charge in [0.1, 0.15) is 18.3 Å². The van der Waals surface area contributed by atoms with E-state index in [9.17, 15) is 45.0 Å². The van der Waals surface area contributed by atoms with E-state index >= 15 is 0 Å². The average molecular weight is 755 g/mol. The predicted octanol–water partition coefficient (Wildman–Crippen LogP) is 1.53. The van der Waals surface area contributed by atoms with Crippen LogP contribution in [0, 0.1) is 5.92 Å². The highest BCUT2D eigenvalue weighted by Gasteiger charge is 2.52. The molecular weight excluding hydrogens is 714 g/mol. The maximum Gasteiger partial charge on any atom is 0.264 e. The quantitative estimate of drug-likeness (QED) is 0.133. The van der Waals surface area contributed by atoms with Crippen LogP contribution in [0.3, 0.4) is 0 Å². The molecule has 0 saturated carbocycles. The van der Waals surface area contributed by atoms with Crippen molar-refractivity contribution in [2.24, 2.45) is 5.92 Å². The summed E-state index contributed by atoms with van der Waals surface area (Å²) < 4.78 is 5.64. The Morgan fingerprint density at radius 2 is 1.70 bits per heavy atom. The van der Waals surface area contributed by atoms with Crippen LogP contribution in [-0.2, 0) is 37.8 Å². The zero-order chi connectivity index (χ0) is 36.2. The van der Waals surface area contributed by atoms with Crippen molar-refractivity contribution in [3.05, 3.63) is 106 Å². The molecule has 2 heterocycles. The van der Waals surface area contributed by atoms with Gasteiger partial charge in [-0.15, -0.1) is 0 Å². The Balaban J connectivity index is 1.27. The van der Waals surface area contributed by atoms with Crippen molar-refractivity contribution in [1.29, 1.82) is 0 Å². The van der Waals surface area contributed by atoms with E-state index in [2.05, 4.69) is 21.2 Å². The SMILES string of the molecule is C[C@H](/C=C/CC(=O)N(CCO)Cc1ccccc1)[C@@]1(O)C(=O)N(Cc2ccc(NC(=O)[C@H]3O[C@@H](O)[C@H](O)[C@@H](O)[C@@H]3O)cc2)c2ccc(Br)cc21. The van der Waals surface area contributed by atoms with Crippen molar-refractivity contribution in [2.45, 2.75) is 62.7 Å². The second-order valence-electron chi connectivity index (χ2n) is 12.4. The number of amides is 3. The fraction of sp³-hybridized carbons (Fsp3) is 0.361. The highest BCUT2D eigenvalue weighted by molar-refractivity contribution is 9.10. The van der Waals surface area contributed by atoms with Crippen molar-refractivity contribution >= 4 is 45.0 Å². The van der Waals surface area contributed by atoms with E-state index in [0.717, 1.165) is 5.56 Å². The van der Waals surface area contributed by atoms with Gasteiger partial charge in [0.15, 0.2) is 18.0 Å². The summed E-state index contributed by atoms with van der Waals surface area (Å²) >= 11 is 3.44. The molecule has 50 heavy (non-hydrogen) atoms. The topological polar surface area (TPSA) is 200 Å². The maximum atomic E-state index is 14.0. The minimum Gasteiger partial charge on any atom is -0.395 e. The second-order valence-corrected chi connectivity index (χ2v) is 13.3. The number of hydrogen-bond acceptors (Lipinski definition) is 10. The van der Waals surface area contributed by atoms with E-state index in [0.29, 0.717) is 33.5 Å². The molecule has 3 amide bonds. The first-order chi connectivity index (χ1) is 23.8. The van der Waals surface area contributed by atoms with Crippen LogP contribution in [0.4, 0.5) is 11.4 Å². The number of halogens is 1. The van der Waals surface area contributed by atoms with Crippen molar-refractivity contribution < 1.29 is 49.8 Å². The molecular formula is C36H40BrN3O10. The summed E-state index contributed by atoms with van der Waals surface area (Å²) in [5.74, 6) is -2.35. The lowest BCUT2D eigenvalue weighted by molar-refractivity contribution is -0.274. The third-order valence-corrected chi connectivity index (χ3v) is 9.45. The van der Waals surface area contributed by atoms with E-state index < -0.39 is 54.0 Å². The molecule has 0 bridgehead atoms. The number of nitrogens with one attached hydrogen (secondary N) is 1. The van der Waals surface area contributed by atoms with Gasteiger partial charge in [-0.05, 0) is 41.5 Å². The van der Waals surface area contributed by atoms with Gasteiger partial charge in [0, 0.05) is 41.2 Å². The molecule has 3 aromatic carbocycles. The fourth-order valence-electron chi connectivity index (χ4n) is 6.10. The monoisotopic (exact) mass is 753 g/mol. The van der Waals surface area contributed by atoms with Crippen LogP contribution in [0.2, 0.25) is 0 Å². The first-order valence-electron chi connectivity index (χ1n) is 16.1. The van der Waals surface area contributed by atoms with Crippen molar-refractivity contribution in [3.63, 3.8) is 0 Å². The van der Waals surface area contributed by atoms with Gasteiger partial charge >= 0.3 is 0 Å². The van der Waals surface area contributed by atoms with Gasteiger partial charge < -0.3 is 50.5 Å². The van der Waals surface area contributed by atoms with Gasteiger partial charge in [0.05, 0.1) is 18.8 Å². The summed E-state index contributed by atoms with van der Waals surface area (Å²) in [7, 11) is 0. The van der Waals surface area contributed by atoms with Gasteiger partial charge in [-0.25, -0.2) is 0 Å². The van der Waals surface area contributed by atoms with Crippen LogP contribution >= 0.6 is 15.9 Å². The zero-order valence-corrected chi connectivity index (χ0v) is 28.8. The Kier molecular flexibility index (Phi) is 11.9. The molecule has 7 N–H and O–H groups in total. The number of ether oxygens (including phenoxy) is 1. The van der Waals surface area contributed by atoms with Crippen LogP contribution in [0.25, 0.3) is 0 Å². The molecule has 266 valence electrons. The Labute approximate surface area is 297 Å². The molecule has 14 heteroatoms. The van der Waals surface area contributed by atoms with E-state index in [1.54, 1.807) is 66.4 Å². The molecule has 0 unspecified atom stereocenters. The number of aliphatic hydroxyl groups excluding tert-OH is 5. The van der Waals surface area contributed by atoms with Gasteiger partial charge in [-0.3, -0.25) is 14.4 Å². The van der Waals surface area contributed by atoms with Crippen molar-refractivity contribution in [1.82, 2.24) is 4.90 Å². The summed E-state index contributed by atoms with van der Waals surface area (Å²) in [6, 6.07) is 21.1. The number of carbonyl (C=O) groups is 3. The van der Waals surface area contributed by atoms with E-state index in [4.69, 9.17) is 4.74 Å². The first kappa shape index (κ1) is 37.3. The first-order valence-corrected chi connectivity index (χ1v) is 16.9. The molecule has 2 aliphatic rings. The van der Waals surface area contributed by atoms with E-state index in [1.165, 1.54) is 4.90 Å². The predicted molar refractivity (Wildman–Crippen MR) is 185 cm³/mol. The van der Waals surface area contributed by atoms with Crippen molar-refractivity contribution in [3.8, 4) is 0 Å². The molecule has 0 aromatic heterocycles. The third-order valence-electron chi connectivity index (χ3n) is 8.96. The molecule has 2 aliphatic heterocycles. The second kappa shape index (κ2) is 15.9. The fourth-order valence-corrected chi connectivity index (χ4v) is 6.46. The molecule has 1 fully saturated rings. The van der Waals surface area contributed by atoms with Gasteiger partial charge in [-0.2, -0.15) is 0 Å². The number of benzene rings is 3. The standard InChI is InChI=1S/C36H40BrN3O10/c1-21(6-5-9-28(42)39(16-17-41)19-22-7-3-2-4-8-22)36(49)26-18-24(37)12-15-27(26)40(35(36)48)20-23-10-13-25(14-11-23)38-33(46)32-30(44)29(43)31(45)34(47)50-32/h2-8,10-15,18,21,29-32,34,41,43-45,47,49H,9,16-17,19-20H2,1H3,(H,38,46)/b6-5+/t21-,29+,30+,31-,32+,34-,36+/m1/s1. The van der Waals surface area contributed by atoms with Crippen LogP contribution in [0.15, 0.2) is 89.4 Å². The largest absolute Gasteiger partial charge is 0.395 e. The molecule has 0 spiro atoms. The maximum absolute atomic E-state index is 14.0. The molecule has 0 radical (unpaired) electrons. The lowest BCUT2D eigenvalue weighted by atomic mass is 9.83. The van der Waals surface area contributed by atoms with Crippen molar-refractivity contribution in [2.75, 3.05) is 23.4 Å². The van der Waals surface area contributed by atoms with Crippen LogP contribution in [0.5, 0.6) is 0 Å². The molecule has 7 atom stereocenters. The van der Waals surface area contributed by atoms with Gasteiger partial charge in [0.2, 0.25) is 5.91 Å². The average Bonchev–Trinajstić information content (AvgIpc) is 3.31. The molecule has 0 aliphatic carbocycles. The highest BCUT2D eigenvalue weighted by Crippen LogP contribution is 2.46. The summed E-state index contributed by atoms with van der Waals surface area (Å²) in [6.07, 6.45) is -5.55. The highest BCUT2D eigenvalue weighted by atomic mass is 79.9. The Morgan fingerprint density at radius 3 is 2.38 bits per heavy atom. The Morgan fingerprint density at radius 1 is 1.00 bits per heavy atom. The number of hydrogen-bond donors (Lipinski definition) is 7. The van der Waals surface area contributed by atoms with E-state index in [1.807, 2.05) is 30.3 Å².